The first-order valence-corrected chi connectivity index (χ1v) is 10.8. The van der Waals surface area contributed by atoms with Gasteiger partial charge in [0.1, 0.15) is 11.5 Å². The summed E-state index contributed by atoms with van der Waals surface area (Å²) >= 11 is 0. The van der Waals surface area contributed by atoms with Gasteiger partial charge in [-0.25, -0.2) is 0 Å². The van der Waals surface area contributed by atoms with Gasteiger partial charge in [0.05, 0.1) is 30.9 Å². The van der Waals surface area contributed by atoms with Crippen molar-refractivity contribution in [2.75, 3.05) is 19.8 Å². The van der Waals surface area contributed by atoms with Gasteiger partial charge in [-0.15, -0.1) is 0 Å². The number of hydrogen-bond donors (Lipinski definition) is 1. The van der Waals surface area contributed by atoms with E-state index in [9.17, 15) is 14.7 Å². The number of benzene rings is 1. The molecule has 1 fully saturated rings. The molecule has 0 saturated carbocycles. The van der Waals surface area contributed by atoms with Crippen LogP contribution in [0.5, 0.6) is 5.75 Å². The summed E-state index contributed by atoms with van der Waals surface area (Å²) in [5.41, 5.74) is 1.20. The first kappa shape index (κ1) is 23.5. The standard InChI is InChI=1S/C25H30N2O5/c1-16(2)15-32-20-7-5-19(6-8-20)23(28)21-22(18-9-11-26-12-10-18)27(25(30)24(21)29)13-14-31-17(3)4/h5-12,16-17,22,28H,13-15H2,1-4H3/b23-21-. The van der Waals surface area contributed by atoms with Crippen LogP contribution in [0.4, 0.5) is 0 Å². The zero-order chi connectivity index (χ0) is 23.3. The predicted molar refractivity (Wildman–Crippen MR) is 121 cm³/mol. The molecule has 1 atom stereocenters. The maximum Gasteiger partial charge on any atom is 0.295 e. The number of Topliss-reactive ketones (excluding diaryl/α,β-unsaturated/α-hetero) is 1. The average Bonchev–Trinajstić information content (AvgIpc) is 3.03. The monoisotopic (exact) mass is 438 g/mol. The van der Waals surface area contributed by atoms with E-state index in [1.54, 1.807) is 48.8 Å². The van der Waals surface area contributed by atoms with E-state index in [0.29, 0.717) is 29.4 Å². The van der Waals surface area contributed by atoms with Crippen molar-refractivity contribution in [3.63, 3.8) is 0 Å². The van der Waals surface area contributed by atoms with Gasteiger partial charge in [0.15, 0.2) is 0 Å². The van der Waals surface area contributed by atoms with Crippen molar-refractivity contribution in [3.8, 4) is 5.75 Å². The van der Waals surface area contributed by atoms with Crippen LogP contribution >= 0.6 is 0 Å². The number of aliphatic hydroxyl groups is 1. The van der Waals surface area contributed by atoms with Gasteiger partial charge in [0.25, 0.3) is 11.7 Å². The molecule has 2 heterocycles. The molecule has 0 radical (unpaired) electrons. The number of hydrogen-bond acceptors (Lipinski definition) is 6. The number of nitrogens with zero attached hydrogens (tertiary/aromatic N) is 2. The third kappa shape index (κ3) is 5.34. The van der Waals surface area contributed by atoms with E-state index >= 15 is 0 Å². The third-order valence-corrected chi connectivity index (χ3v) is 5.06. The molecule has 1 aromatic heterocycles. The van der Waals surface area contributed by atoms with E-state index < -0.39 is 17.7 Å². The summed E-state index contributed by atoms with van der Waals surface area (Å²) in [5.74, 6) is -0.522. The van der Waals surface area contributed by atoms with E-state index in [0.717, 1.165) is 0 Å². The Kier molecular flexibility index (Phi) is 7.64. The molecule has 1 saturated heterocycles. The van der Waals surface area contributed by atoms with E-state index in [-0.39, 0.29) is 30.6 Å². The largest absolute Gasteiger partial charge is 0.507 e. The molecule has 1 aromatic carbocycles. The average molecular weight is 439 g/mol. The first-order chi connectivity index (χ1) is 15.3. The van der Waals surface area contributed by atoms with Gasteiger partial charge in [-0.3, -0.25) is 14.6 Å². The Morgan fingerprint density at radius 1 is 1.06 bits per heavy atom. The van der Waals surface area contributed by atoms with Crippen LogP contribution in [-0.4, -0.2) is 52.5 Å². The predicted octanol–water partition coefficient (Wildman–Crippen LogP) is 3.96. The van der Waals surface area contributed by atoms with E-state index in [2.05, 4.69) is 18.8 Å². The van der Waals surface area contributed by atoms with E-state index in [4.69, 9.17) is 9.47 Å². The zero-order valence-electron chi connectivity index (χ0n) is 18.9. The minimum atomic E-state index is -0.717. The van der Waals surface area contributed by atoms with Gasteiger partial charge in [0.2, 0.25) is 0 Å². The van der Waals surface area contributed by atoms with Crippen molar-refractivity contribution in [1.82, 2.24) is 9.88 Å². The Bertz CT molecular complexity index is 968. The molecule has 1 amide bonds. The Balaban J connectivity index is 1.96. The van der Waals surface area contributed by atoms with Crippen LogP contribution in [0, 0.1) is 5.92 Å². The van der Waals surface area contributed by atoms with Gasteiger partial charge < -0.3 is 19.5 Å². The summed E-state index contributed by atoms with van der Waals surface area (Å²) in [7, 11) is 0. The number of aromatic nitrogens is 1. The van der Waals surface area contributed by atoms with Crippen molar-refractivity contribution in [3.05, 3.63) is 65.5 Å². The number of ketones is 1. The molecule has 2 aromatic rings. The number of ether oxygens (including phenoxy) is 2. The molecular weight excluding hydrogens is 408 g/mol. The second-order valence-corrected chi connectivity index (χ2v) is 8.42. The maximum absolute atomic E-state index is 13.0. The van der Waals surface area contributed by atoms with Gasteiger partial charge in [-0.1, -0.05) is 13.8 Å². The normalized spacial score (nSPS) is 18.1. The number of amides is 1. The summed E-state index contributed by atoms with van der Waals surface area (Å²) in [6, 6.07) is 9.61. The number of carbonyl (C=O) groups is 2. The number of likely N-dealkylation sites (tertiary alicyclic amines) is 1. The van der Waals surface area contributed by atoms with Crippen molar-refractivity contribution in [2.24, 2.45) is 5.92 Å². The summed E-state index contributed by atoms with van der Waals surface area (Å²) in [4.78, 5) is 31.3. The molecule has 7 nitrogen and oxygen atoms in total. The molecule has 1 N–H and O–H groups in total. The molecule has 0 spiro atoms. The van der Waals surface area contributed by atoms with Gasteiger partial charge in [0, 0.05) is 24.5 Å². The molecule has 0 bridgehead atoms. The maximum atomic E-state index is 13.0. The zero-order valence-corrected chi connectivity index (χ0v) is 18.9. The lowest BCUT2D eigenvalue weighted by Crippen LogP contribution is -2.33. The summed E-state index contributed by atoms with van der Waals surface area (Å²) in [5, 5.41) is 11.1. The minimum absolute atomic E-state index is 0.00243. The fourth-order valence-corrected chi connectivity index (χ4v) is 3.52. The Morgan fingerprint density at radius 2 is 1.72 bits per heavy atom. The molecule has 1 aliphatic heterocycles. The smallest absolute Gasteiger partial charge is 0.295 e. The van der Waals surface area contributed by atoms with Crippen LogP contribution in [0.2, 0.25) is 0 Å². The molecule has 1 unspecified atom stereocenters. The Hall–Kier alpha value is -3.19. The van der Waals surface area contributed by atoms with Gasteiger partial charge >= 0.3 is 0 Å². The van der Waals surface area contributed by atoms with Crippen LogP contribution in [0.25, 0.3) is 5.76 Å². The second kappa shape index (κ2) is 10.4. The third-order valence-electron chi connectivity index (χ3n) is 5.06. The molecule has 32 heavy (non-hydrogen) atoms. The molecule has 170 valence electrons. The lowest BCUT2D eigenvalue weighted by Gasteiger charge is -2.25. The topological polar surface area (TPSA) is 89.0 Å². The highest BCUT2D eigenvalue weighted by Gasteiger charge is 2.45. The van der Waals surface area contributed by atoms with E-state index in [1.165, 1.54) is 4.90 Å². The molecule has 7 heteroatoms. The number of carbonyl (C=O) groups excluding carboxylic acids is 2. The van der Waals surface area contributed by atoms with Crippen molar-refractivity contribution in [1.29, 1.82) is 0 Å². The van der Waals surface area contributed by atoms with Crippen LogP contribution in [-0.2, 0) is 14.3 Å². The van der Waals surface area contributed by atoms with Crippen molar-refractivity contribution >= 4 is 17.4 Å². The minimum Gasteiger partial charge on any atom is -0.507 e. The highest BCUT2D eigenvalue weighted by molar-refractivity contribution is 6.46. The van der Waals surface area contributed by atoms with Crippen molar-refractivity contribution < 1.29 is 24.2 Å². The summed E-state index contributed by atoms with van der Waals surface area (Å²) in [6.07, 6.45) is 3.20. The quantitative estimate of drug-likeness (QED) is 0.362. The molecule has 1 aliphatic rings. The second-order valence-electron chi connectivity index (χ2n) is 8.42. The Morgan fingerprint density at radius 3 is 2.31 bits per heavy atom. The van der Waals surface area contributed by atoms with E-state index in [1.807, 2.05) is 13.8 Å². The number of pyridine rings is 1. The SMILES string of the molecule is CC(C)COc1ccc(/C(O)=C2/C(=O)C(=O)N(CCOC(C)C)C2c2ccncc2)cc1. The van der Waals surface area contributed by atoms with Gasteiger partial charge in [-0.2, -0.15) is 0 Å². The fraction of sp³-hybridized carbons (Fsp3) is 0.400. The van der Waals surface area contributed by atoms with Crippen LogP contribution in [0.1, 0.15) is 44.9 Å². The fourth-order valence-electron chi connectivity index (χ4n) is 3.52. The lowest BCUT2D eigenvalue weighted by molar-refractivity contribution is -0.140. The van der Waals surface area contributed by atoms with Gasteiger partial charge in [-0.05, 0) is 61.7 Å². The van der Waals surface area contributed by atoms with Crippen LogP contribution in [0.15, 0.2) is 54.4 Å². The number of aliphatic hydroxyl groups excluding tert-OH is 1. The molecule has 0 aliphatic carbocycles. The summed E-state index contributed by atoms with van der Waals surface area (Å²) in [6.45, 7) is 9.03. The highest BCUT2D eigenvalue weighted by atomic mass is 16.5. The molecule has 3 rings (SSSR count). The first-order valence-electron chi connectivity index (χ1n) is 10.8. The van der Waals surface area contributed by atoms with Crippen LogP contribution in [0.3, 0.4) is 0 Å². The highest BCUT2D eigenvalue weighted by Crippen LogP contribution is 2.39. The van der Waals surface area contributed by atoms with Crippen molar-refractivity contribution in [2.45, 2.75) is 39.8 Å². The van der Waals surface area contributed by atoms with Crippen LogP contribution < -0.4 is 4.74 Å². The lowest BCUT2D eigenvalue weighted by atomic mass is 9.96. The summed E-state index contributed by atoms with van der Waals surface area (Å²) < 4.78 is 11.3. The number of rotatable bonds is 9. The molecular formula is C25H30N2O5. The Labute approximate surface area is 188 Å².